The van der Waals surface area contributed by atoms with Crippen molar-refractivity contribution in [1.29, 1.82) is 0 Å². The molecule has 3 atom stereocenters. The highest BCUT2D eigenvalue weighted by atomic mass is 16.3. The van der Waals surface area contributed by atoms with Gasteiger partial charge in [-0.05, 0) is 37.6 Å². The van der Waals surface area contributed by atoms with Crippen molar-refractivity contribution in [3.63, 3.8) is 0 Å². The summed E-state index contributed by atoms with van der Waals surface area (Å²) in [6.45, 7) is 5.15. The van der Waals surface area contributed by atoms with Crippen molar-refractivity contribution in [2.24, 2.45) is 11.8 Å². The van der Waals surface area contributed by atoms with E-state index in [0.717, 1.165) is 11.8 Å². The van der Waals surface area contributed by atoms with Gasteiger partial charge in [0.25, 0.3) is 0 Å². The lowest BCUT2D eigenvalue weighted by Crippen LogP contribution is -2.34. The molecule has 1 aliphatic heterocycles. The molecule has 2 heteroatoms. The molecule has 0 radical (unpaired) electrons. The van der Waals surface area contributed by atoms with Crippen LogP contribution in [0.15, 0.2) is 0 Å². The van der Waals surface area contributed by atoms with Gasteiger partial charge in [-0.1, -0.05) is 6.92 Å². The smallest absolute Gasteiger partial charge is 0.0586 e. The lowest BCUT2D eigenvalue weighted by atomic mass is 10.2. The molecule has 70 valence electrons. The van der Waals surface area contributed by atoms with Gasteiger partial charge >= 0.3 is 0 Å². The SMILES string of the molecule is CC1CC1CN1CCC[C@@H]1CO. The van der Waals surface area contributed by atoms with Gasteiger partial charge in [0.05, 0.1) is 6.61 Å². The molecule has 1 N–H and O–H groups in total. The normalized spacial score (nSPS) is 42.0. The van der Waals surface area contributed by atoms with Crippen LogP contribution in [0.4, 0.5) is 0 Å². The fourth-order valence-corrected chi connectivity index (χ4v) is 2.30. The summed E-state index contributed by atoms with van der Waals surface area (Å²) in [6.07, 6.45) is 3.90. The zero-order valence-corrected chi connectivity index (χ0v) is 7.87. The van der Waals surface area contributed by atoms with Crippen LogP contribution in [-0.2, 0) is 0 Å². The van der Waals surface area contributed by atoms with Crippen molar-refractivity contribution < 1.29 is 5.11 Å². The molecule has 12 heavy (non-hydrogen) atoms. The Morgan fingerprint density at radius 3 is 2.83 bits per heavy atom. The number of aliphatic hydroxyl groups excluding tert-OH is 1. The molecule has 2 unspecified atom stereocenters. The van der Waals surface area contributed by atoms with Gasteiger partial charge < -0.3 is 5.11 Å². The van der Waals surface area contributed by atoms with Gasteiger partial charge in [0, 0.05) is 12.6 Å². The average molecular weight is 169 g/mol. The first-order valence-corrected chi connectivity index (χ1v) is 5.16. The fourth-order valence-electron chi connectivity index (χ4n) is 2.30. The quantitative estimate of drug-likeness (QED) is 0.684. The van der Waals surface area contributed by atoms with Crippen molar-refractivity contribution in [3.8, 4) is 0 Å². The number of hydrogen-bond acceptors (Lipinski definition) is 2. The van der Waals surface area contributed by atoms with Gasteiger partial charge in [-0.3, -0.25) is 4.90 Å². The van der Waals surface area contributed by atoms with Gasteiger partial charge in [-0.15, -0.1) is 0 Å². The Hall–Kier alpha value is -0.0800. The summed E-state index contributed by atoms with van der Waals surface area (Å²) in [5, 5.41) is 9.09. The molecule has 0 aromatic heterocycles. The minimum absolute atomic E-state index is 0.362. The van der Waals surface area contributed by atoms with Gasteiger partial charge in [-0.25, -0.2) is 0 Å². The maximum absolute atomic E-state index is 9.09. The minimum Gasteiger partial charge on any atom is -0.395 e. The molecule has 0 bridgehead atoms. The number of likely N-dealkylation sites (tertiary alicyclic amines) is 1. The predicted octanol–water partition coefficient (Wildman–Crippen LogP) is 1.10. The Bertz CT molecular complexity index is 160. The molecule has 0 aromatic carbocycles. The van der Waals surface area contributed by atoms with E-state index in [1.807, 2.05) is 0 Å². The summed E-state index contributed by atoms with van der Waals surface area (Å²) in [5.74, 6) is 1.89. The van der Waals surface area contributed by atoms with E-state index in [9.17, 15) is 0 Å². The van der Waals surface area contributed by atoms with Crippen molar-refractivity contribution in [1.82, 2.24) is 4.90 Å². The Kier molecular flexibility index (Phi) is 2.37. The van der Waals surface area contributed by atoms with Crippen molar-refractivity contribution in [2.75, 3.05) is 19.7 Å². The zero-order valence-electron chi connectivity index (χ0n) is 7.87. The standard InChI is InChI=1S/C10H19NO/c1-8-5-9(8)6-11-4-2-3-10(11)7-12/h8-10,12H,2-7H2,1H3/t8?,9?,10-/m1/s1. The third-order valence-corrected chi connectivity index (χ3v) is 3.45. The van der Waals surface area contributed by atoms with E-state index in [2.05, 4.69) is 11.8 Å². The summed E-state index contributed by atoms with van der Waals surface area (Å²) >= 11 is 0. The molecule has 0 spiro atoms. The van der Waals surface area contributed by atoms with E-state index in [1.54, 1.807) is 0 Å². The number of nitrogens with zero attached hydrogens (tertiary/aromatic N) is 1. The molecule has 1 saturated carbocycles. The summed E-state index contributed by atoms with van der Waals surface area (Å²) in [6, 6.07) is 0.484. The second kappa shape index (κ2) is 3.35. The van der Waals surface area contributed by atoms with Crippen LogP contribution in [-0.4, -0.2) is 35.7 Å². The molecule has 0 amide bonds. The van der Waals surface area contributed by atoms with Gasteiger partial charge in [0.15, 0.2) is 0 Å². The molecule has 1 saturated heterocycles. The maximum atomic E-state index is 9.09. The third-order valence-electron chi connectivity index (χ3n) is 3.45. The van der Waals surface area contributed by atoms with Crippen LogP contribution in [0.3, 0.4) is 0 Å². The molecule has 2 fully saturated rings. The van der Waals surface area contributed by atoms with Gasteiger partial charge in [-0.2, -0.15) is 0 Å². The van der Waals surface area contributed by atoms with E-state index in [4.69, 9.17) is 5.11 Å². The van der Waals surface area contributed by atoms with Crippen LogP contribution >= 0.6 is 0 Å². The average Bonchev–Trinajstić information content (AvgIpc) is 2.62. The highest BCUT2D eigenvalue weighted by Gasteiger charge is 2.36. The van der Waals surface area contributed by atoms with Crippen LogP contribution in [0, 0.1) is 11.8 Å². The van der Waals surface area contributed by atoms with E-state index in [1.165, 1.54) is 32.4 Å². The zero-order chi connectivity index (χ0) is 8.55. The summed E-state index contributed by atoms with van der Waals surface area (Å²) in [5.41, 5.74) is 0. The van der Waals surface area contributed by atoms with E-state index >= 15 is 0 Å². The molecule has 0 aromatic rings. The molecular weight excluding hydrogens is 150 g/mol. The topological polar surface area (TPSA) is 23.5 Å². The van der Waals surface area contributed by atoms with Crippen molar-refractivity contribution in [2.45, 2.75) is 32.2 Å². The highest BCUT2D eigenvalue weighted by Crippen LogP contribution is 2.39. The highest BCUT2D eigenvalue weighted by molar-refractivity contribution is 4.88. The Morgan fingerprint density at radius 1 is 1.50 bits per heavy atom. The monoisotopic (exact) mass is 169 g/mol. The lowest BCUT2D eigenvalue weighted by molar-refractivity contribution is 0.153. The predicted molar refractivity (Wildman–Crippen MR) is 49.0 cm³/mol. The van der Waals surface area contributed by atoms with E-state index < -0.39 is 0 Å². The lowest BCUT2D eigenvalue weighted by Gasteiger charge is -2.22. The second-order valence-electron chi connectivity index (χ2n) is 4.45. The second-order valence-corrected chi connectivity index (χ2v) is 4.45. The van der Waals surface area contributed by atoms with Crippen LogP contribution < -0.4 is 0 Å². The Labute approximate surface area is 74.6 Å². The van der Waals surface area contributed by atoms with Gasteiger partial charge in [0.1, 0.15) is 0 Å². The van der Waals surface area contributed by atoms with E-state index in [0.29, 0.717) is 12.6 Å². The van der Waals surface area contributed by atoms with Crippen LogP contribution in [0.1, 0.15) is 26.2 Å². The first-order chi connectivity index (χ1) is 5.81. The number of rotatable bonds is 3. The first-order valence-electron chi connectivity index (χ1n) is 5.16. The Balaban J connectivity index is 1.78. The van der Waals surface area contributed by atoms with Crippen molar-refractivity contribution >= 4 is 0 Å². The molecule has 2 rings (SSSR count). The summed E-state index contributed by atoms with van der Waals surface area (Å²) in [7, 11) is 0. The first kappa shape index (κ1) is 8.52. The van der Waals surface area contributed by atoms with Crippen LogP contribution in [0.2, 0.25) is 0 Å². The van der Waals surface area contributed by atoms with Crippen LogP contribution in [0.25, 0.3) is 0 Å². The molecule has 1 heterocycles. The Morgan fingerprint density at radius 2 is 2.25 bits per heavy atom. The van der Waals surface area contributed by atoms with E-state index in [-0.39, 0.29) is 0 Å². The summed E-state index contributed by atoms with van der Waals surface area (Å²) < 4.78 is 0. The minimum atomic E-state index is 0.362. The maximum Gasteiger partial charge on any atom is 0.0586 e. The van der Waals surface area contributed by atoms with Gasteiger partial charge in [0.2, 0.25) is 0 Å². The number of aliphatic hydroxyl groups is 1. The fraction of sp³-hybridized carbons (Fsp3) is 1.00. The largest absolute Gasteiger partial charge is 0.395 e. The molecule has 1 aliphatic carbocycles. The van der Waals surface area contributed by atoms with Crippen LogP contribution in [0.5, 0.6) is 0 Å². The molecular formula is C10H19NO. The third kappa shape index (κ3) is 1.64. The molecule has 2 nitrogen and oxygen atoms in total. The summed E-state index contributed by atoms with van der Waals surface area (Å²) in [4.78, 5) is 2.48. The molecule has 2 aliphatic rings. The number of hydrogen-bond donors (Lipinski definition) is 1. The van der Waals surface area contributed by atoms with Crippen molar-refractivity contribution in [3.05, 3.63) is 0 Å².